The molecule has 1 N–H and O–H groups in total. The molecule has 2 aromatic rings. The highest BCUT2D eigenvalue weighted by Crippen LogP contribution is 2.45. The van der Waals surface area contributed by atoms with Crippen LogP contribution in [0.1, 0.15) is 6.92 Å². The summed E-state index contributed by atoms with van der Waals surface area (Å²) in [6, 6.07) is 14.7. The van der Waals surface area contributed by atoms with Gasteiger partial charge in [0, 0.05) is 11.9 Å². The Hall–Kier alpha value is -2.47. The highest BCUT2D eigenvalue weighted by atomic mass is 32.2. The van der Waals surface area contributed by atoms with Crippen LogP contribution < -0.4 is 15.0 Å². The molecule has 5 nitrogen and oxygen atoms in total. The third kappa shape index (κ3) is 2.63. The summed E-state index contributed by atoms with van der Waals surface area (Å²) in [5, 5.41) is 2.82. The molecular weight excluding hydrogens is 324 g/mol. The summed E-state index contributed by atoms with van der Waals surface area (Å²) in [5.74, 6) is -0.0709. The molecule has 1 unspecified atom stereocenters. The molecule has 0 saturated heterocycles. The predicted molar refractivity (Wildman–Crippen MR) is 95.7 cm³/mol. The number of thioether (sulfide) groups is 1. The van der Waals surface area contributed by atoms with Crippen LogP contribution in [0.2, 0.25) is 0 Å². The van der Waals surface area contributed by atoms with Gasteiger partial charge in [0.1, 0.15) is 5.75 Å². The van der Waals surface area contributed by atoms with E-state index in [0.29, 0.717) is 11.4 Å². The molecule has 1 aliphatic heterocycles. The number of carbonyl (C=O) groups is 2. The van der Waals surface area contributed by atoms with Crippen molar-refractivity contribution in [2.75, 3.05) is 24.4 Å². The van der Waals surface area contributed by atoms with Crippen molar-refractivity contribution in [1.29, 1.82) is 0 Å². The molecule has 124 valence electrons. The minimum Gasteiger partial charge on any atom is -0.495 e. The molecule has 2 amide bonds. The maximum Gasteiger partial charge on any atom is 0.252 e. The molecule has 1 atom stereocenters. The zero-order valence-corrected chi connectivity index (χ0v) is 14.5. The molecule has 0 aliphatic carbocycles. The molecule has 2 aromatic carbocycles. The van der Waals surface area contributed by atoms with Crippen LogP contribution in [-0.2, 0) is 9.59 Å². The minimum absolute atomic E-state index is 0.251. The van der Waals surface area contributed by atoms with Gasteiger partial charge in [-0.25, -0.2) is 0 Å². The SMILES string of the molecule is COc1ccccc1NC(=O)C1(C)Sc2ccccc2N(C)C1=O. The van der Waals surface area contributed by atoms with Gasteiger partial charge in [0.15, 0.2) is 4.75 Å². The molecule has 0 bridgehead atoms. The first-order valence-electron chi connectivity index (χ1n) is 7.48. The van der Waals surface area contributed by atoms with Crippen LogP contribution in [0, 0.1) is 0 Å². The van der Waals surface area contributed by atoms with E-state index < -0.39 is 4.75 Å². The van der Waals surface area contributed by atoms with Crippen LogP contribution in [0.5, 0.6) is 5.75 Å². The second kappa shape index (κ2) is 6.20. The summed E-state index contributed by atoms with van der Waals surface area (Å²) in [5.41, 5.74) is 1.36. The van der Waals surface area contributed by atoms with Gasteiger partial charge in [0.2, 0.25) is 5.91 Å². The number of nitrogens with zero attached hydrogens (tertiary/aromatic N) is 1. The summed E-state index contributed by atoms with van der Waals surface area (Å²) in [4.78, 5) is 28.1. The van der Waals surface area contributed by atoms with Crippen molar-refractivity contribution in [2.24, 2.45) is 0 Å². The smallest absolute Gasteiger partial charge is 0.252 e. The first-order chi connectivity index (χ1) is 11.5. The summed E-state index contributed by atoms with van der Waals surface area (Å²) in [6.45, 7) is 1.65. The van der Waals surface area contributed by atoms with Crippen LogP contribution >= 0.6 is 11.8 Å². The van der Waals surface area contributed by atoms with Gasteiger partial charge < -0.3 is 15.0 Å². The molecule has 6 heteroatoms. The maximum atomic E-state index is 12.9. The standard InChI is InChI=1S/C18H18N2O3S/c1-18(16(21)19-12-8-4-6-10-14(12)23-3)17(22)20(2)13-9-5-7-11-15(13)24-18/h4-11H,1-3H3,(H,19,21). The molecule has 0 radical (unpaired) electrons. The Labute approximate surface area is 145 Å². The van der Waals surface area contributed by atoms with Crippen molar-refractivity contribution in [2.45, 2.75) is 16.6 Å². The first kappa shape index (κ1) is 16.4. The number of methoxy groups -OCH3 is 1. The third-order valence-corrected chi connectivity index (χ3v) is 5.38. The Morgan fingerprint density at radius 2 is 1.83 bits per heavy atom. The van der Waals surface area contributed by atoms with Crippen molar-refractivity contribution < 1.29 is 14.3 Å². The lowest BCUT2D eigenvalue weighted by molar-refractivity contribution is -0.128. The van der Waals surface area contributed by atoms with Gasteiger partial charge in [-0.15, -0.1) is 0 Å². The van der Waals surface area contributed by atoms with E-state index in [1.807, 2.05) is 30.3 Å². The summed E-state index contributed by atoms with van der Waals surface area (Å²) < 4.78 is 4.01. The maximum absolute atomic E-state index is 12.9. The summed E-state index contributed by atoms with van der Waals surface area (Å²) in [7, 11) is 3.23. The molecular formula is C18H18N2O3S. The number of carbonyl (C=O) groups excluding carboxylic acids is 2. The summed E-state index contributed by atoms with van der Waals surface area (Å²) in [6.07, 6.45) is 0. The van der Waals surface area contributed by atoms with Gasteiger partial charge >= 0.3 is 0 Å². The van der Waals surface area contributed by atoms with Crippen molar-refractivity contribution in [3.63, 3.8) is 0 Å². The zero-order valence-electron chi connectivity index (χ0n) is 13.7. The van der Waals surface area contributed by atoms with Crippen molar-refractivity contribution in [1.82, 2.24) is 0 Å². The van der Waals surface area contributed by atoms with E-state index in [-0.39, 0.29) is 11.8 Å². The van der Waals surface area contributed by atoms with Crippen molar-refractivity contribution >= 4 is 35.0 Å². The number of hydrogen-bond donors (Lipinski definition) is 1. The van der Waals surface area contributed by atoms with Gasteiger partial charge in [-0.2, -0.15) is 0 Å². The Balaban J connectivity index is 1.93. The lowest BCUT2D eigenvalue weighted by Gasteiger charge is -2.37. The molecule has 0 fully saturated rings. The Kier molecular flexibility index (Phi) is 4.24. The van der Waals surface area contributed by atoms with Gasteiger partial charge in [-0.05, 0) is 31.2 Å². The van der Waals surface area contributed by atoms with Crippen molar-refractivity contribution in [3.05, 3.63) is 48.5 Å². The number of benzene rings is 2. The second-order valence-corrected chi connectivity index (χ2v) is 7.08. The quantitative estimate of drug-likeness (QED) is 0.871. The van der Waals surface area contributed by atoms with Gasteiger partial charge in [-0.3, -0.25) is 9.59 Å². The number of hydrogen-bond acceptors (Lipinski definition) is 4. The van der Waals surface area contributed by atoms with Crippen molar-refractivity contribution in [3.8, 4) is 5.75 Å². The normalized spacial score (nSPS) is 19.6. The first-order valence-corrected chi connectivity index (χ1v) is 8.29. The second-order valence-electron chi connectivity index (χ2n) is 5.62. The van der Waals surface area contributed by atoms with E-state index >= 15 is 0 Å². The molecule has 1 heterocycles. The number of fused-ring (bicyclic) bond motifs is 1. The average molecular weight is 342 g/mol. The van der Waals surface area contributed by atoms with Crippen LogP contribution in [0.15, 0.2) is 53.4 Å². The number of nitrogens with one attached hydrogen (secondary N) is 1. The van der Waals surface area contributed by atoms with Gasteiger partial charge in [-0.1, -0.05) is 36.0 Å². The zero-order chi connectivity index (χ0) is 17.3. The van der Waals surface area contributed by atoms with E-state index in [1.165, 1.54) is 23.8 Å². The minimum atomic E-state index is -1.25. The van der Waals surface area contributed by atoms with Gasteiger partial charge in [0.05, 0.1) is 18.5 Å². The molecule has 1 aliphatic rings. The van der Waals surface area contributed by atoms with Crippen LogP contribution in [0.4, 0.5) is 11.4 Å². The largest absolute Gasteiger partial charge is 0.495 e. The highest BCUT2D eigenvalue weighted by Gasteiger charge is 2.48. The van der Waals surface area contributed by atoms with Crippen LogP contribution in [-0.4, -0.2) is 30.7 Å². The Morgan fingerprint density at radius 3 is 2.58 bits per heavy atom. The number of amides is 2. The molecule has 3 rings (SSSR count). The highest BCUT2D eigenvalue weighted by molar-refractivity contribution is 8.02. The number of anilines is 2. The lowest BCUT2D eigenvalue weighted by Crippen LogP contribution is -2.53. The molecule has 24 heavy (non-hydrogen) atoms. The van der Waals surface area contributed by atoms with E-state index in [9.17, 15) is 9.59 Å². The van der Waals surface area contributed by atoms with Crippen LogP contribution in [0.3, 0.4) is 0 Å². The molecule has 0 saturated carbocycles. The van der Waals surface area contributed by atoms with Gasteiger partial charge in [0.25, 0.3) is 5.91 Å². The predicted octanol–water partition coefficient (Wildman–Crippen LogP) is 3.16. The fraction of sp³-hybridized carbons (Fsp3) is 0.222. The number of para-hydroxylation sites is 3. The van der Waals surface area contributed by atoms with E-state index in [2.05, 4.69) is 5.32 Å². The molecule has 0 spiro atoms. The number of ether oxygens (including phenoxy) is 1. The third-order valence-electron chi connectivity index (χ3n) is 4.04. The van der Waals surface area contributed by atoms with E-state index in [0.717, 1.165) is 10.6 Å². The monoisotopic (exact) mass is 342 g/mol. The topological polar surface area (TPSA) is 58.6 Å². The number of rotatable bonds is 3. The van der Waals surface area contributed by atoms with E-state index in [4.69, 9.17) is 4.74 Å². The fourth-order valence-electron chi connectivity index (χ4n) is 2.65. The average Bonchev–Trinajstić information content (AvgIpc) is 2.60. The Bertz CT molecular complexity index is 808. The van der Waals surface area contributed by atoms with E-state index in [1.54, 1.807) is 32.2 Å². The fourth-order valence-corrected chi connectivity index (χ4v) is 3.91. The lowest BCUT2D eigenvalue weighted by atomic mass is 10.1. The summed E-state index contributed by atoms with van der Waals surface area (Å²) >= 11 is 1.27. The molecule has 0 aromatic heterocycles. The Morgan fingerprint density at radius 1 is 1.17 bits per heavy atom. The van der Waals surface area contributed by atoms with Crippen LogP contribution in [0.25, 0.3) is 0 Å².